The predicted octanol–water partition coefficient (Wildman–Crippen LogP) is 10.4. The summed E-state index contributed by atoms with van der Waals surface area (Å²) < 4.78 is 0. The molecule has 248 valence electrons. The van der Waals surface area contributed by atoms with Crippen LogP contribution in [0.25, 0.3) is 0 Å². The molecule has 0 aliphatic rings. The van der Waals surface area contributed by atoms with Crippen LogP contribution in [0.4, 0.5) is 51.2 Å². The van der Waals surface area contributed by atoms with E-state index < -0.39 is 0 Å². The first-order chi connectivity index (χ1) is 23.8. The highest BCUT2D eigenvalue weighted by atomic mass is 15.3. The van der Waals surface area contributed by atoms with Crippen molar-refractivity contribution in [1.29, 1.82) is 0 Å². The second-order valence-corrected chi connectivity index (χ2v) is 12.9. The number of hydrogen-bond donors (Lipinski definition) is 3. The lowest BCUT2D eigenvalue weighted by molar-refractivity contribution is 0.446. The fourth-order valence-electron chi connectivity index (χ4n) is 6.21. The predicted molar refractivity (Wildman–Crippen MR) is 212 cm³/mol. The summed E-state index contributed by atoms with van der Waals surface area (Å²) >= 11 is 0. The van der Waals surface area contributed by atoms with Crippen molar-refractivity contribution in [3.05, 3.63) is 164 Å². The molecular formula is C43H46N6. The quantitative estimate of drug-likeness (QED) is 0.109. The number of anilines is 9. The molecule has 0 spiro atoms. The SMILES string of the molecule is CN(CC(C)(CN(C)c1ccc(Nc2ccccc2)cc1)N(C)c1ccc(Nc2ccccc2)cc1)c1ccc(Nc2ccccc2)cc1. The number of hydrogen-bond acceptors (Lipinski definition) is 6. The maximum atomic E-state index is 3.51. The third kappa shape index (κ3) is 8.73. The van der Waals surface area contributed by atoms with Crippen molar-refractivity contribution in [2.45, 2.75) is 12.5 Å². The molecule has 0 saturated carbocycles. The van der Waals surface area contributed by atoms with Gasteiger partial charge in [-0.1, -0.05) is 54.6 Å². The molecule has 0 aliphatic carbocycles. The fourth-order valence-corrected chi connectivity index (χ4v) is 6.21. The zero-order chi connectivity index (χ0) is 34.1. The van der Waals surface area contributed by atoms with Crippen molar-refractivity contribution in [2.75, 3.05) is 64.9 Å². The van der Waals surface area contributed by atoms with Gasteiger partial charge in [-0.15, -0.1) is 0 Å². The molecule has 6 nitrogen and oxygen atoms in total. The molecule has 0 aliphatic heterocycles. The van der Waals surface area contributed by atoms with Gasteiger partial charge in [-0.3, -0.25) is 0 Å². The standard InChI is InChI=1S/C43H46N6/c1-43(49(4)42-30-24-39(25-31-42)46-36-18-12-7-13-19-36,32-47(2)40-26-20-37(21-27-40)44-34-14-8-5-9-15-34)33-48(3)41-28-22-38(23-29-41)45-35-16-10-6-11-17-35/h5-31,44-46H,32-33H2,1-4H3. The fraction of sp³-hybridized carbons (Fsp3) is 0.163. The first-order valence-electron chi connectivity index (χ1n) is 16.8. The summed E-state index contributed by atoms with van der Waals surface area (Å²) in [5.41, 5.74) is 9.66. The lowest BCUT2D eigenvalue weighted by Crippen LogP contribution is -2.58. The van der Waals surface area contributed by atoms with Gasteiger partial charge in [0.1, 0.15) is 0 Å². The molecule has 49 heavy (non-hydrogen) atoms. The monoisotopic (exact) mass is 646 g/mol. The van der Waals surface area contributed by atoms with Crippen LogP contribution in [0, 0.1) is 0 Å². The number of para-hydroxylation sites is 3. The van der Waals surface area contributed by atoms with Gasteiger partial charge >= 0.3 is 0 Å². The molecule has 0 radical (unpaired) electrons. The Morgan fingerprint density at radius 2 is 0.633 bits per heavy atom. The van der Waals surface area contributed by atoms with E-state index in [1.807, 2.05) is 54.6 Å². The molecule has 0 saturated heterocycles. The second kappa shape index (κ2) is 15.3. The molecular weight excluding hydrogens is 601 g/mol. The third-order valence-corrected chi connectivity index (χ3v) is 9.02. The summed E-state index contributed by atoms with van der Waals surface area (Å²) in [5, 5.41) is 10.5. The highest BCUT2D eigenvalue weighted by molar-refractivity contribution is 5.66. The summed E-state index contributed by atoms with van der Waals surface area (Å²) in [7, 11) is 6.58. The van der Waals surface area contributed by atoms with Crippen molar-refractivity contribution >= 4 is 51.2 Å². The van der Waals surface area contributed by atoms with Gasteiger partial charge in [0.05, 0.1) is 5.54 Å². The smallest absolute Gasteiger partial charge is 0.0719 e. The van der Waals surface area contributed by atoms with E-state index >= 15 is 0 Å². The first-order valence-corrected chi connectivity index (χ1v) is 16.8. The molecule has 6 aromatic carbocycles. The van der Waals surface area contributed by atoms with E-state index in [1.54, 1.807) is 0 Å². The number of nitrogens with zero attached hydrogens (tertiary/aromatic N) is 3. The summed E-state index contributed by atoms with van der Waals surface area (Å²) in [4.78, 5) is 7.13. The Hall–Kier alpha value is -5.88. The van der Waals surface area contributed by atoms with Crippen molar-refractivity contribution in [1.82, 2.24) is 0 Å². The number of nitrogens with one attached hydrogen (secondary N) is 3. The lowest BCUT2D eigenvalue weighted by Gasteiger charge is -2.45. The minimum atomic E-state index is -0.264. The van der Waals surface area contributed by atoms with Crippen LogP contribution in [0.1, 0.15) is 6.92 Å². The van der Waals surface area contributed by atoms with Crippen LogP contribution in [-0.4, -0.2) is 39.8 Å². The van der Waals surface area contributed by atoms with E-state index in [9.17, 15) is 0 Å². The average molecular weight is 647 g/mol. The molecule has 0 atom stereocenters. The molecule has 0 unspecified atom stereocenters. The average Bonchev–Trinajstić information content (AvgIpc) is 3.13. The minimum absolute atomic E-state index is 0.264. The van der Waals surface area contributed by atoms with Crippen LogP contribution in [0.15, 0.2) is 164 Å². The van der Waals surface area contributed by atoms with Gasteiger partial charge in [0.2, 0.25) is 0 Å². The van der Waals surface area contributed by atoms with Gasteiger partial charge in [0.15, 0.2) is 0 Å². The Bertz CT molecular complexity index is 1770. The Morgan fingerprint density at radius 3 is 0.939 bits per heavy atom. The summed E-state index contributed by atoms with van der Waals surface area (Å²) in [6.07, 6.45) is 0. The van der Waals surface area contributed by atoms with Gasteiger partial charge in [-0.25, -0.2) is 0 Å². The highest BCUT2D eigenvalue weighted by Crippen LogP contribution is 2.31. The second-order valence-electron chi connectivity index (χ2n) is 12.9. The zero-order valence-electron chi connectivity index (χ0n) is 28.8. The lowest BCUT2D eigenvalue weighted by atomic mass is 9.96. The van der Waals surface area contributed by atoms with Gasteiger partial charge in [-0.2, -0.15) is 0 Å². The number of rotatable bonds is 14. The van der Waals surface area contributed by atoms with E-state index in [4.69, 9.17) is 0 Å². The van der Waals surface area contributed by atoms with E-state index in [1.165, 1.54) is 11.4 Å². The van der Waals surface area contributed by atoms with Gasteiger partial charge in [0.25, 0.3) is 0 Å². The normalized spacial score (nSPS) is 11.0. The molecule has 6 aromatic rings. The largest absolute Gasteiger partial charge is 0.372 e. The van der Waals surface area contributed by atoms with E-state index in [0.717, 1.165) is 52.9 Å². The minimum Gasteiger partial charge on any atom is -0.372 e. The van der Waals surface area contributed by atoms with Crippen molar-refractivity contribution in [2.24, 2.45) is 0 Å². The summed E-state index contributed by atoms with van der Waals surface area (Å²) in [5.74, 6) is 0. The van der Waals surface area contributed by atoms with Gasteiger partial charge in [0, 0.05) is 85.4 Å². The first kappa shape index (κ1) is 33.0. The molecule has 0 bridgehead atoms. The molecule has 0 amide bonds. The van der Waals surface area contributed by atoms with E-state index in [0.29, 0.717) is 0 Å². The molecule has 0 aromatic heterocycles. The zero-order valence-corrected chi connectivity index (χ0v) is 28.8. The van der Waals surface area contributed by atoms with Gasteiger partial charge in [-0.05, 0) is 116 Å². The third-order valence-electron chi connectivity index (χ3n) is 9.02. The maximum absolute atomic E-state index is 3.51. The van der Waals surface area contributed by atoms with Crippen LogP contribution in [0.5, 0.6) is 0 Å². The molecule has 6 heteroatoms. The van der Waals surface area contributed by atoms with Crippen LogP contribution < -0.4 is 30.7 Å². The highest BCUT2D eigenvalue weighted by Gasteiger charge is 2.33. The van der Waals surface area contributed by atoms with Crippen LogP contribution >= 0.6 is 0 Å². The Labute approximate surface area is 291 Å². The molecule has 3 N–H and O–H groups in total. The molecule has 0 fully saturated rings. The van der Waals surface area contributed by atoms with Gasteiger partial charge < -0.3 is 30.7 Å². The molecule has 0 heterocycles. The Kier molecular flexibility index (Phi) is 10.3. The summed E-state index contributed by atoms with van der Waals surface area (Å²) in [6, 6.07) is 56.9. The van der Waals surface area contributed by atoms with E-state index in [2.05, 4.69) is 168 Å². The van der Waals surface area contributed by atoms with E-state index in [-0.39, 0.29) is 5.54 Å². The van der Waals surface area contributed by atoms with Crippen LogP contribution in [-0.2, 0) is 0 Å². The number of benzene rings is 6. The summed E-state index contributed by atoms with van der Waals surface area (Å²) in [6.45, 7) is 3.96. The maximum Gasteiger partial charge on any atom is 0.0719 e. The number of likely N-dealkylation sites (N-methyl/N-ethyl adjacent to an activating group) is 3. The van der Waals surface area contributed by atoms with Crippen molar-refractivity contribution in [3.63, 3.8) is 0 Å². The van der Waals surface area contributed by atoms with Crippen LogP contribution in [0.2, 0.25) is 0 Å². The Balaban J connectivity index is 1.20. The van der Waals surface area contributed by atoms with Crippen LogP contribution in [0.3, 0.4) is 0 Å². The van der Waals surface area contributed by atoms with Crippen molar-refractivity contribution < 1.29 is 0 Å². The topological polar surface area (TPSA) is 45.8 Å². The van der Waals surface area contributed by atoms with Crippen molar-refractivity contribution in [3.8, 4) is 0 Å². The Morgan fingerprint density at radius 1 is 0.367 bits per heavy atom. The molecule has 6 rings (SSSR count).